The molecule has 2 aromatic rings. The molecule has 0 saturated heterocycles. The number of anilines is 1. The number of nitrogens with two attached hydrogens (primary N) is 1. The molecule has 0 saturated carbocycles. The van der Waals surface area contributed by atoms with Crippen LogP contribution in [0.4, 0.5) is 10.1 Å². The molecule has 0 atom stereocenters. The molecular formula is C16H21FN4. The predicted octanol–water partition coefficient (Wildman–Crippen LogP) is 3.17. The van der Waals surface area contributed by atoms with E-state index in [1.807, 2.05) is 6.07 Å². The number of benzene rings is 1. The Hall–Kier alpha value is -2.01. The second-order valence-electron chi connectivity index (χ2n) is 5.23. The SMILES string of the molecule is CC(C)c1nc(-c2cccc(F)c2)ncc1NCCCN. The van der Waals surface area contributed by atoms with Crippen molar-refractivity contribution in [3.8, 4) is 11.4 Å². The lowest BCUT2D eigenvalue weighted by molar-refractivity contribution is 0.628. The minimum absolute atomic E-state index is 0.251. The van der Waals surface area contributed by atoms with Crippen molar-refractivity contribution < 1.29 is 4.39 Å². The lowest BCUT2D eigenvalue weighted by Crippen LogP contribution is -2.11. The van der Waals surface area contributed by atoms with Gasteiger partial charge in [-0.05, 0) is 31.0 Å². The van der Waals surface area contributed by atoms with Gasteiger partial charge in [-0.25, -0.2) is 14.4 Å². The second-order valence-corrected chi connectivity index (χ2v) is 5.23. The summed E-state index contributed by atoms with van der Waals surface area (Å²) < 4.78 is 13.3. The van der Waals surface area contributed by atoms with Crippen LogP contribution >= 0.6 is 0 Å². The molecule has 0 spiro atoms. The summed E-state index contributed by atoms with van der Waals surface area (Å²) in [7, 11) is 0. The summed E-state index contributed by atoms with van der Waals surface area (Å²) in [6, 6.07) is 6.33. The number of rotatable bonds is 6. The van der Waals surface area contributed by atoms with Gasteiger partial charge in [-0.3, -0.25) is 0 Å². The van der Waals surface area contributed by atoms with E-state index in [9.17, 15) is 4.39 Å². The third-order valence-corrected chi connectivity index (χ3v) is 3.14. The smallest absolute Gasteiger partial charge is 0.159 e. The van der Waals surface area contributed by atoms with Crippen molar-refractivity contribution in [1.82, 2.24) is 9.97 Å². The van der Waals surface area contributed by atoms with Crippen LogP contribution in [0, 0.1) is 5.82 Å². The molecule has 112 valence electrons. The Morgan fingerprint density at radius 1 is 1.33 bits per heavy atom. The fraction of sp³-hybridized carbons (Fsp3) is 0.375. The van der Waals surface area contributed by atoms with Crippen molar-refractivity contribution in [3.63, 3.8) is 0 Å². The summed E-state index contributed by atoms with van der Waals surface area (Å²) in [5, 5.41) is 3.31. The number of nitrogens with one attached hydrogen (secondary N) is 1. The van der Waals surface area contributed by atoms with E-state index in [0.29, 0.717) is 17.9 Å². The topological polar surface area (TPSA) is 63.8 Å². The molecular weight excluding hydrogens is 267 g/mol. The molecule has 4 nitrogen and oxygen atoms in total. The van der Waals surface area contributed by atoms with Crippen LogP contribution in [0.15, 0.2) is 30.5 Å². The summed E-state index contributed by atoms with van der Waals surface area (Å²) >= 11 is 0. The molecule has 0 aliphatic rings. The predicted molar refractivity (Wildman–Crippen MR) is 83.7 cm³/mol. The second kappa shape index (κ2) is 7.13. The number of hydrogen-bond donors (Lipinski definition) is 2. The molecule has 0 aliphatic carbocycles. The minimum Gasteiger partial charge on any atom is -0.382 e. The molecule has 0 aliphatic heterocycles. The van der Waals surface area contributed by atoms with Crippen LogP contribution in [0.1, 0.15) is 31.9 Å². The van der Waals surface area contributed by atoms with Gasteiger partial charge in [0, 0.05) is 12.1 Å². The van der Waals surface area contributed by atoms with Crippen molar-refractivity contribution >= 4 is 5.69 Å². The molecule has 5 heteroatoms. The zero-order valence-electron chi connectivity index (χ0n) is 12.4. The first-order valence-electron chi connectivity index (χ1n) is 7.18. The number of halogens is 1. The molecule has 2 rings (SSSR count). The van der Waals surface area contributed by atoms with Crippen LogP contribution in [0.5, 0.6) is 0 Å². The van der Waals surface area contributed by atoms with Crippen molar-refractivity contribution in [1.29, 1.82) is 0 Å². The standard InChI is InChI=1S/C16H21FN4/c1-11(2)15-14(19-8-4-7-18)10-20-16(21-15)12-5-3-6-13(17)9-12/h3,5-6,9-11,19H,4,7-8,18H2,1-2H3. The Morgan fingerprint density at radius 2 is 2.14 bits per heavy atom. The first kappa shape index (κ1) is 15.4. The summed E-state index contributed by atoms with van der Waals surface area (Å²) in [4.78, 5) is 8.93. The molecule has 1 heterocycles. The molecule has 0 radical (unpaired) electrons. The average Bonchev–Trinajstić information content (AvgIpc) is 2.47. The van der Waals surface area contributed by atoms with Gasteiger partial charge in [0.2, 0.25) is 0 Å². The molecule has 21 heavy (non-hydrogen) atoms. The molecule has 0 amide bonds. The van der Waals surface area contributed by atoms with Crippen LogP contribution in [-0.2, 0) is 0 Å². The molecule has 3 N–H and O–H groups in total. The van der Waals surface area contributed by atoms with Crippen LogP contribution in [-0.4, -0.2) is 23.1 Å². The zero-order valence-corrected chi connectivity index (χ0v) is 12.4. The summed E-state index contributed by atoms with van der Waals surface area (Å²) in [5.41, 5.74) is 8.03. The first-order chi connectivity index (χ1) is 10.1. The number of hydrogen-bond acceptors (Lipinski definition) is 4. The van der Waals surface area contributed by atoms with Crippen LogP contribution in [0.2, 0.25) is 0 Å². The minimum atomic E-state index is -0.285. The number of nitrogens with zero attached hydrogens (tertiary/aromatic N) is 2. The Labute approximate surface area is 124 Å². The lowest BCUT2D eigenvalue weighted by Gasteiger charge is -2.14. The monoisotopic (exact) mass is 288 g/mol. The highest BCUT2D eigenvalue weighted by molar-refractivity contribution is 5.58. The van der Waals surface area contributed by atoms with E-state index in [4.69, 9.17) is 5.73 Å². The van der Waals surface area contributed by atoms with Gasteiger partial charge < -0.3 is 11.1 Å². The maximum absolute atomic E-state index is 13.3. The molecule has 1 aromatic heterocycles. The van der Waals surface area contributed by atoms with Gasteiger partial charge in [0.1, 0.15) is 5.82 Å². The quantitative estimate of drug-likeness (QED) is 0.801. The Bertz CT molecular complexity index is 599. The third-order valence-electron chi connectivity index (χ3n) is 3.14. The Morgan fingerprint density at radius 3 is 2.81 bits per heavy atom. The Kier molecular flexibility index (Phi) is 5.22. The van der Waals surface area contributed by atoms with Crippen LogP contribution < -0.4 is 11.1 Å². The van der Waals surface area contributed by atoms with Gasteiger partial charge >= 0.3 is 0 Å². The molecule has 1 aromatic carbocycles. The maximum atomic E-state index is 13.3. The molecule has 0 unspecified atom stereocenters. The molecule has 0 bridgehead atoms. The lowest BCUT2D eigenvalue weighted by atomic mass is 10.1. The summed E-state index contributed by atoms with van der Waals surface area (Å²) in [6.07, 6.45) is 2.66. The largest absolute Gasteiger partial charge is 0.382 e. The first-order valence-corrected chi connectivity index (χ1v) is 7.18. The van der Waals surface area contributed by atoms with E-state index >= 15 is 0 Å². The van der Waals surface area contributed by atoms with Crippen LogP contribution in [0.3, 0.4) is 0 Å². The van der Waals surface area contributed by atoms with Gasteiger partial charge in [0.25, 0.3) is 0 Å². The normalized spacial score (nSPS) is 10.9. The van der Waals surface area contributed by atoms with Crippen molar-refractivity contribution in [2.45, 2.75) is 26.2 Å². The van der Waals surface area contributed by atoms with Gasteiger partial charge in [0.05, 0.1) is 17.6 Å². The summed E-state index contributed by atoms with van der Waals surface area (Å²) in [6.45, 7) is 5.59. The highest BCUT2D eigenvalue weighted by Gasteiger charge is 2.12. The summed E-state index contributed by atoms with van der Waals surface area (Å²) in [5.74, 6) is 0.510. The Balaban J connectivity index is 2.31. The van der Waals surface area contributed by atoms with E-state index in [1.54, 1.807) is 12.3 Å². The van der Waals surface area contributed by atoms with Gasteiger partial charge in [0.15, 0.2) is 5.82 Å². The van der Waals surface area contributed by atoms with Gasteiger partial charge in [-0.2, -0.15) is 0 Å². The van der Waals surface area contributed by atoms with E-state index in [1.165, 1.54) is 12.1 Å². The maximum Gasteiger partial charge on any atom is 0.159 e. The van der Waals surface area contributed by atoms with Gasteiger partial charge in [-0.15, -0.1) is 0 Å². The van der Waals surface area contributed by atoms with Crippen molar-refractivity contribution in [3.05, 3.63) is 42.0 Å². The van der Waals surface area contributed by atoms with E-state index in [0.717, 1.165) is 24.3 Å². The van der Waals surface area contributed by atoms with Gasteiger partial charge in [-0.1, -0.05) is 26.0 Å². The van der Waals surface area contributed by atoms with Crippen molar-refractivity contribution in [2.24, 2.45) is 5.73 Å². The highest BCUT2D eigenvalue weighted by Crippen LogP contribution is 2.25. The third kappa shape index (κ3) is 3.98. The highest BCUT2D eigenvalue weighted by atomic mass is 19.1. The van der Waals surface area contributed by atoms with E-state index < -0.39 is 0 Å². The fourth-order valence-electron chi connectivity index (χ4n) is 2.06. The van der Waals surface area contributed by atoms with Crippen molar-refractivity contribution in [2.75, 3.05) is 18.4 Å². The van der Waals surface area contributed by atoms with E-state index in [2.05, 4.69) is 29.1 Å². The fourth-order valence-corrected chi connectivity index (χ4v) is 2.06. The average molecular weight is 288 g/mol. The van der Waals surface area contributed by atoms with Crippen LogP contribution in [0.25, 0.3) is 11.4 Å². The zero-order chi connectivity index (χ0) is 15.2. The van der Waals surface area contributed by atoms with E-state index in [-0.39, 0.29) is 11.7 Å². The molecule has 0 fully saturated rings. The number of aromatic nitrogens is 2.